The van der Waals surface area contributed by atoms with Crippen LogP contribution >= 0.6 is 23.2 Å². The third-order valence-electron chi connectivity index (χ3n) is 2.87. The van der Waals surface area contributed by atoms with Crippen molar-refractivity contribution in [1.29, 1.82) is 0 Å². The third-order valence-corrected chi connectivity index (χ3v) is 3.42. The molecule has 2 aromatic rings. The summed E-state index contributed by atoms with van der Waals surface area (Å²) in [5.74, 6) is -2.13. The molecule has 0 amide bonds. The topological polar surface area (TPSA) is 84.7 Å². The summed E-state index contributed by atoms with van der Waals surface area (Å²) in [4.78, 5) is 23.6. The standard InChI is InChI=1S/C16H12Cl2FN3O3/c1-2-25-16(24)10(8-21-12-5-3-4-6-20-12)13(23)9-7-11(19)15(18)22-14(9)17/h3-8,23H,2H2,1H3/b13-10-,21-8+. The minimum Gasteiger partial charge on any atom is -0.506 e. The molecule has 25 heavy (non-hydrogen) atoms. The summed E-state index contributed by atoms with van der Waals surface area (Å²) in [5.41, 5.74) is -0.558. The van der Waals surface area contributed by atoms with Gasteiger partial charge < -0.3 is 9.84 Å². The van der Waals surface area contributed by atoms with Crippen molar-refractivity contribution in [3.63, 3.8) is 0 Å². The Morgan fingerprint density at radius 2 is 2.16 bits per heavy atom. The number of nitrogens with zero attached hydrogens (tertiary/aromatic N) is 3. The molecule has 1 N–H and O–H groups in total. The van der Waals surface area contributed by atoms with E-state index in [1.54, 1.807) is 25.1 Å². The van der Waals surface area contributed by atoms with Gasteiger partial charge in [-0.3, -0.25) is 0 Å². The van der Waals surface area contributed by atoms with Crippen LogP contribution in [0.3, 0.4) is 0 Å². The Morgan fingerprint density at radius 3 is 2.80 bits per heavy atom. The van der Waals surface area contributed by atoms with Gasteiger partial charge in [-0.1, -0.05) is 29.3 Å². The lowest BCUT2D eigenvalue weighted by Gasteiger charge is -2.08. The Labute approximate surface area is 152 Å². The zero-order chi connectivity index (χ0) is 18.4. The minimum atomic E-state index is -0.905. The molecule has 0 aliphatic carbocycles. The number of aliphatic hydroxyl groups is 1. The number of carbonyl (C=O) groups is 1. The number of hydrogen-bond acceptors (Lipinski definition) is 6. The van der Waals surface area contributed by atoms with E-state index in [1.165, 1.54) is 6.20 Å². The van der Waals surface area contributed by atoms with E-state index in [2.05, 4.69) is 15.0 Å². The van der Waals surface area contributed by atoms with Gasteiger partial charge in [0.1, 0.15) is 16.5 Å². The van der Waals surface area contributed by atoms with E-state index in [1.807, 2.05) is 0 Å². The van der Waals surface area contributed by atoms with Gasteiger partial charge in [-0.2, -0.15) is 0 Å². The van der Waals surface area contributed by atoms with Crippen molar-refractivity contribution in [3.05, 3.63) is 57.7 Å². The molecular formula is C16H12Cl2FN3O3. The zero-order valence-corrected chi connectivity index (χ0v) is 14.4. The summed E-state index contributed by atoms with van der Waals surface area (Å²) in [6, 6.07) is 5.84. The molecule has 0 saturated carbocycles. The normalized spacial score (nSPS) is 12.2. The number of rotatable bonds is 5. The van der Waals surface area contributed by atoms with Crippen LogP contribution in [-0.2, 0) is 9.53 Å². The maximum atomic E-state index is 13.6. The second-order valence-corrected chi connectivity index (χ2v) is 5.24. The van der Waals surface area contributed by atoms with Gasteiger partial charge in [0.15, 0.2) is 16.8 Å². The Kier molecular flexibility index (Phi) is 6.44. The second kappa shape index (κ2) is 8.55. The smallest absolute Gasteiger partial charge is 0.343 e. The number of carbonyl (C=O) groups excluding carboxylic acids is 1. The number of aliphatic hydroxyl groups excluding tert-OH is 1. The lowest BCUT2D eigenvalue weighted by Crippen LogP contribution is -2.12. The molecule has 2 rings (SSSR count). The molecule has 0 aromatic carbocycles. The summed E-state index contributed by atoms with van der Waals surface area (Å²) in [6.45, 7) is 1.66. The van der Waals surface area contributed by atoms with Crippen LogP contribution in [0.4, 0.5) is 10.2 Å². The molecule has 130 valence electrons. The molecule has 0 spiro atoms. The van der Waals surface area contributed by atoms with Gasteiger partial charge in [0.05, 0.1) is 12.2 Å². The van der Waals surface area contributed by atoms with E-state index >= 15 is 0 Å². The molecule has 0 saturated heterocycles. The predicted octanol–water partition coefficient (Wildman–Crippen LogP) is 4.16. The van der Waals surface area contributed by atoms with Crippen molar-refractivity contribution >= 4 is 47.0 Å². The van der Waals surface area contributed by atoms with E-state index in [4.69, 9.17) is 27.9 Å². The molecule has 0 bridgehead atoms. The van der Waals surface area contributed by atoms with Crippen LogP contribution in [0, 0.1) is 5.82 Å². The van der Waals surface area contributed by atoms with E-state index < -0.39 is 22.7 Å². The van der Waals surface area contributed by atoms with Crippen LogP contribution < -0.4 is 0 Å². The first-order valence-corrected chi connectivity index (χ1v) is 7.77. The number of esters is 1. The van der Waals surface area contributed by atoms with Gasteiger partial charge >= 0.3 is 5.97 Å². The molecule has 0 radical (unpaired) electrons. The summed E-state index contributed by atoms with van der Waals surface area (Å²) in [7, 11) is 0. The number of halogens is 3. The highest BCUT2D eigenvalue weighted by molar-refractivity contribution is 6.34. The first-order chi connectivity index (χ1) is 11.9. The van der Waals surface area contributed by atoms with Crippen LogP contribution in [0.15, 0.2) is 41.0 Å². The van der Waals surface area contributed by atoms with Crippen LogP contribution in [0.5, 0.6) is 0 Å². The number of aliphatic imine (C=N–C) groups is 1. The molecule has 0 atom stereocenters. The Bertz CT molecular complexity index is 842. The Morgan fingerprint density at radius 1 is 1.40 bits per heavy atom. The molecule has 2 aromatic heterocycles. The minimum absolute atomic E-state index is 0.0635. The van der Waals surface area contributed by atoms with Crippen molar-refractivity contribution < 1.29 is 19.0 Å². The molecule has 9 heteroatoms. The van der Waals surface area contributed by atoms with Crippen LogP contribution in [-0.4, -0.2) is 33.9 Å². The van der Waals surface area contributed by atoms with Gasteiger partial charge in [-0.15, -0.1) is 0 Å². The average molecular weight is 384 g/mol. The van der Waals surface area contributed by atoms with Crippen LogP contribution in [0.2, 0.25) is 10.3 Å². The van der Waals surface area contributed by atoms with E-state index in [0.717, 1.165) is 12.3 Å². The highest BCUT2D eigenvalue weighted by Crippen LogP contribution is 2.27. The van der Waals surface area contributed by atoms with Crippen molar-refractivity contribution in [2.45, 2.75) is 6.92 Å². The Balaban J connectivity index is 2.53. The average Bonchev–Trinajstić information content (AvgIpc) is 2.59. The number of hydrogen-bond donors (Lipinski definition) is 1. The highest BCUT2D eigenvalue weighted by atomic mass is 35.5. The molecule has 0 unspecified atom stereocenters. The molecule has 0 fully saturated rings. The third kappa shape index (κ3) is 4.74. The first-order valence-electron chi connectivity index (χ1n) is 7.01. The first kappa shape index (κ1) is 18.8. The monoisotopic (exact) mass is 383 g/mol. The lowest BCUT2D eigenvalue weighted by atomic mass is 10.1. The van der Waals surface area contributed by atoms with Crippen LogP contribution in [0.25, 0.3) is 5.76 Å². The zero-order valence-electron chi connectivity index (χ0n) is 12.9. The SMILES string of the molecule is CCOC(=O)C(/C=N/c1ccccn1)=C(\O)c1cc(F)c(Cl)nc1Cl. The fraction of sp³-hybridized carbons (Fsp3) is 0.125. The molecular weight excluding hydrogens is 372 g/mol. The molecule has 2 heterocycles. The van der Waals surface area contributed by atoms with Crippen molar-refractivity contribution in [2.24, 2.45) is 4.99 Å². The molecule has 6 nitrogen and oxygen atoms in total. The Hall–Kier alpha value is -2.51. The summed E-state index contributed by atoms with van der Waals surface area (Å²) < 4.78 is 18.5. The quantitative estimate of drug-likeness (QED) is 0.275. The van der Waals surface area contributed by atoms with E-state index in [9.17, 15) is 14.3 Å². The fourth-order valence-electron chi connectivity index (χ4n) is 1.74. The van der Waals surface area contributed by atoms with Gasteiger partial charge in [0.25, 0.3) is 0 Å². The van der Waals surface area contributed by atoms with Crippen molar-refractivity contribution in [1.82, 2.24) is 9.97 Å². The highest BCUT2D eigenvalue weighted by Gasteiger charge is 2.20. The van der Waals surface area contributed by atoms with Crippen LogP contribution in [0.1, 0.15) is 12.5 Å². The number of pyridine rings is 2. The van der Waals surface area contributed by atoms with Gasteiger partial charge in [0.2, 0.25) is 0 Å². The van der Waals surface area contributed by atoms with Gasteiger partial charge in [-0.05, 0) is 25.1 Å². The fourth-order valence-corrected chi connectivity index (χ4v) is 2.15. The largest absolute Gasteiger partial charge is 0.506 e. The summed E-state index contributed by atoms with van der Waals surface area (Å²) >= 11 is 11.4. The summed E-state index contributed by atoms with van der Waals surface area (Å²) in [6.07, 6.45) is 2.56. The summed E-state index contributed by atoms with van der Waals surface area (Å²) in [5, 5.41) is 9.65. The second-order valence-electron chi connectivity index (χ2n) is 4.53. The van der Waals surface area contributed by atoms with Gasteiger partial charge in [0, 0.05) is 12.4 Å². The predicted molar refractivity (Wildman–Crippen MR) is 92.8 cm³/mol. The van der Waals surface area contributed by atoms with Gasteiger partial charge in [-0.25, -0.2) is 24.1 Å². The van der Waals surface area contributed by atoms with E-state index in [-0.39, 0.29) is 22.9 Å². The maximum absolute atomic E-state index is 13.6. The van der Waals surface area contributed by atoms with E-state index in [0.29, 0.717) is 5.82 Å². The maximum Gasteiger partial charge on any atom is 0.343 e. The lowest BCUT2D eigenvalue weighted by molar-refractivity contribution is -0.137. The van der Waals surface area contributed by atoms with Crippen molar-refractivity contribution in [3.8, 4) is 0 Å². The number of aromatic nitrogens is 2. The van der Waals surface area contributed by atoms with Crippen molar-refractivity contribution in [2.75, 3.05) is 6.61 Å². The molecule has 0 aliphatic rings. The number of ether oxygens (including phenoxy) is 1. The molecule has 0 aliphatic heterocycles.